The Morgan fingerprint density at radius 1 is 1.28 bits per heavy atom. The van der Waals surface area contributed by atoms with Gasteiger partial charge >= 0.3 is 5.97 Å². The maximum absolute atomic E-state index is 12.9. The van der Waals surface area contributed by atoms with Crippen LogP contribution in [0.4, 0.5) is 10.1 Å². The molecule has 3 rings (SSSR count). The third kappa shape index (κ3) is 5.41. The van der Waals surface area contributed by atoms with Gasteiger partial charge in [0.05, 0.1) is 12.1 Å². The summed E-state index contributed by atoms with van der Waals surface area (Å²) < 4.78 is 18.1. The number of nitrogens with one attached hydrogen (secondary N) is 1. The number of hydrogen-bond acceptors (Lipinski definition) is 5. The number of carbonyl (C=O) groups excluding carboxylic acids is 3. The smallest absolute Gasteiger partial charge is 0.339 e. The van der Waals surface area contributed by atoms with Crippen molar-refractivity contribution in [3.63, 3.8) is 0 Å². The fraction of sp³-hybridized carbons (Fsp3) is 0.381. The zero-order chi connectivity index (χ0) is 21.0. The third-order valence-corrected chi connectivity index (χ3v) is 5.93. The zero-order valence-corrected chi connectivity index (χ0v) is 17.2. The van der Waals surface area contributed by atoms with Crippen molar-refractivity contribution in [1.29, 1.82) is 0 Å². The van der Waals surface area contributed by atoms with Gasteiger partial charge in [-0.05, 0) is 55.0 Å². The number of carbonyl (C=O) groups is 3. The summed E-state index contributed by atoms with van der Waals surface area (Å²) in [6.45, 7) is 1.56. The van der Waals surface area contributed by atoms with Crippen molar-refractivity contribution >= 4 is 34.8 Å². The molecule has 154 valence electrons. The van der Waals surface area contributed by atoms with E-state index in [0.717, 1.165) is 24.8 Å². The van der Waals surface area contributed by atoms with Crippen LogP contribution in [0.3, 0.4) is 0 Å². The van der Waals surface area contributed by atoms with E-state index in [1.165, 1.54) is 41.1 Å². The number of nitrogens with zero attached hydrogens (tertiary/aromatic N) is 1. The Morgan fingerprint density at radius 3 is 2.72 bits per heavy atom. The molecule has 1 N–H and O–H groups in total. The molecule has 6 nitrogen and oxygen atoms in total. The Labute approximate surface area is 172 Å². The molecule has 2 amide bonds. The van der Waals surface area contributed by atoms with Gasteiger partial charge in [-0.2, -0.15) is 0 Å². The Hall–Kier alpha value is -2.74. The molecule has 8 heteroatoms. The SMILES string of the molecule is C[C@H]1CCc2c(C(=O)OCC(=O)N(C)CC(=O)Nc3ccc(F)cc3)csc2C1. The molecule has 0 spiro atoms. The Morgan fingerprint density at radius 2 is 2.00 bits per heavy atom. The van der Waals surface area contributed by atoms with Crippen LogP contribution in [0.15, 0.2) is 29.6 Å². The van der Waals surface area contributed by atoms with Crippen molar-refractivity contribution in [1.82, 2.24) is 4.90 Å². The number of thiophene rings is 1. The summed E-state index contributed by atoms with van der Waals surface area (Å²) >= 11 is 1.56. The molecule has 0 saturated heterocycles. The summed E-state index contributed by atoms with van der Waals surface area (Å²) in [6, 6.07) is 5.32. The second-order valence-electron chi connectivity index (χ2n) is 7.28. The first-order valence-electron chi connectivity index (χ1n) is 9.39. The standard InChI is InChI=1S/C21H23FN2O4S/c1-13-3-8-16-17(12-29-18(16)9-13)21(27)28-11-20(26)24(2)10-19(25)23-15-6-4-14(22)5-7-15/h4-7,12-13H,3,8-11H2,1-2H3,(H,23,25)/t13-/m0/s1. The zero-order valence-electron chi connectivity index (χ0n) is 16.4. The molecular weight excluding hydrogens is 395 g/mol. The van der Waals surface area contributed by atoms with Crippen LogP contribution in [0.2, 0.25) is 0 Å². The van der Waals surface area contributed by atoms with Gasteiger partial charge in [0, 0.05) is 23.0 Å². The van der Waals surface area contributed by atoms with Gasteiger partial charge in [0.2, 0.25) is 5.91 Å². The van der Waals surface area contributed by atoms with Crippen molar-refractivity contribution in [3.8, 4) is 0 Å². The van der Waals surface area contributed by atoms with Crippen molar-refractivity contribution in [3.05, 3.63) is 51.5 Å². The molecule has 0 unspecified atom stereocenters. The highest BCUT2D eigenvalue weighted by Crippen LogP contribution is 2.33. The molecule has 0 aliphatic heterocycles. The molecule has 1 aliphatic carbocycles. The van der Waals surface area contributed by atoms with E-state index in [1.807, 2.05) is 0 Å². The number of anilines is 1. The number of amides is 2. The molecule has 1 aromatic carbocycles. The van der Waals surface area contributed by atoms with Crippen molar-refractivity contribution in [2.45, 2.75) is 26.2 Å². The number of ether oxygens (including phenoxy) is 1. The fourth-order valence-corrected chi connectivity index (χ4v) is 4.43. The molecular formula is C21H23FN2O4S. The lowest BCUT2D eigenvalue weighted by molar-refractivity contribution is -0.136. The number of rotatable bonds is 6. The minimum Gasteiger partial charge on any atom is -0.452 e. The summed E-state index contributed by atoms with van der Waals surface area (Å²) in [6.07, 6.45) is 2.86. The van der Waals surface area contributed by atoms with Gasteiger partial charge < -0.3 is 15.0 Å². The number of hydrogen-bond donors (Lipinski definition) is 1. The summed E-state index contributed by atoms with van der Waals surface area (Å²) in [5, 5.41) is 4.37. The van der Waals surface area contributed by atoms with E-state index in [1.54, 1.807) is 16.7 Å². The molecule has 2 aromatic rings. The van der Waals surface area contributed by atoms with Gasteiger partial charge in [0.15, 0.2) is 6.61 Å². The summed E-state index contributed by atoms with van der Waals surface area (Å²) in [5.41, 5.74) is 2.01. The van der Waals surface area contributed by atoms with Gasteiger partial charge in [-0.1, -0.05) is 6.92 Å². The molecule has 1 heterocycles. The lowest BCUT2D eigenvalue weighted by Gasteiger charge is -2.19. The largest absolute Gasteiger partial charge is 0.452 e. The summed E-state index contributed by atoms with van der Waals surface area (Å²) in [4.78, 5) is 39.0. The van der Waals surface area contributed by atoms with Crippen LogP contribution in [0.1, 0.15) is 34.1 Å². The van der Waals surface area contributed by atoms with Crippen LogP contribution in [-0.4, -0.2) is 42.9 Å². The van der Waals surface area contributed by atoms with E-state index >= 15 is 0 Å². The van der Waals surface area contributed by atoms with Crippen LogP contribution >= 0.6 is 11.3 Å². The van der Waals surface area contributed by atoms with Crippen LogP contribution in [0, 0.1) is 11.7 Å². The molecule has 0 saturated carbocycles. The van der Waals surface area contributed by atoms with Crippen LogP contribution in [0.5, 0.6) is 0 Å². The first-order valence-corrected chi connectivity index (χ1v) is 10.3. The van der Waals surface area contributed by atoms with Crippen LogP contribution in [0.25, 0.3) is 0 Å². The average molecular weight is 418 g/mol. The number of esters is 1. The van der Waals surface area contributed by atoms with Gasteiger partial charge in [0.25, 0.3) is 5.91 Å². The van der Waals surface area contributed by atoms with Crippen LogP contribution in [-0.2, 0) is 27.2 Å². The molecule has 0 fully saturated rings. The van der Waals surface area contributed by atoms with E-state index in [9.17, 15) is 18.8 Å². The number of benzene rings is 1. The minimum absolute atomic E-state index is 0.209. The van der Waals surface area contributed by atoms with Crippen LogP contribution < -0.4 is 5.32 Å². The third-order valence-electron chi connectivity index (χ3n) is 4.88. The highest BCUT2D eigenvalue weighted by atomic mass is 32.1. The highest BCUT2D eigenvalue weighted by Gasteiger charge is 2.25. The minimum atomic E-state index is -0.505. The molecule has 1 aromatic heterocycles. The summed E-state index contributed by atoms with van der Waals surface area (Å²) in [7, 11) is 1.45. The molecule has 0 bridgehead atoms. The lowest BCUT2D eigenvalue weighted by Crippen LogP contribution is -2.37. The number of likely N-dealkylation sites (N-methyl/N-ethyl adjacent to an activating group) is 1. The Balaban J connectivity index is 1.48. The second kappa shape index (κ2) is 9.17. The first kappa shape index (κ1) is 21.0. The van der Waals surface area contributed by atoms with Gasteiger partial charge in [0.1, 0.15) is 5.82 Å². The molecule has 1 aliphatic rings. The quantitative estimate of drug-likeness (QED) is 0.731. The summed E-state index contributed by atoms with van der Waals surface area (Å²) in [5.74, 6) is -1.21. The molecule has 0 radical (unpaired) electrons. The Bertz CT molecular complexity index is 910. The lowest BCUT2D eigenvalue weighted by atomic mass is 9.88. The predicted molar refractivity (Wildman–Crippen MR) is 108 cm³/mol. The van der Waals surface area contributed by atoms with E-state index in [4.69, 9.17) is 4.74 Å². The van der Waals surface area contributed by atoms with Gasteiger partial charge in [-0.25, -0.2) is 9.18 Å². The molecule has 29 heavy (non-hydrogen) atoms. The maximum atomic E-state index is 12.9. The van der Waals surface area contributed by atoms with E-state index in [0.29, 0.717) is 17.2 Å². The van der Waals surface area contributed by atoms with E-state index in [-0.39, 0.29) is 6.54 Å². The number of fused-ring (bicyclic) bond motifs is 1. The monoisotopic (exact) mass is 418 g/mol. The van der Waals surface area contributed by atoms with Crippen molar-refractivity contribution < 1.29 is 23.5 Å². The molecule has 1 atom stereocenters. The fourth-order valence-electron chi connectivity index (χ4n) is 3.20. The van der Waals surface area contributed by atoms with Crippen molar-refractivity contribution in [2.75, 3.05) is 25.5 Å². The van der Waals surface area contributed by atoms with Gasteiger partial charge in [-0.15, -0.1) is 11.3 Å². The highest BCUT2D eigenvalue weighted by molar-refractivity contribution is 7.10. The van der Waals surface area contributed by atoms with Gasteiger partial charge in [-0.3, -0.25) is 9.59 Å². The maximum Gasteiger partial charge on any atom is 0.339 e. The second-order valence-corrected chi connectivity index (χ2v) is 8.24. The average Bonchev–Trinajstić information content (AvgIpc) is 3.10. The topological polar surface area (TPSA) is 75.7 Å². The number of halogens is 1. The van der Waals surface area contributed by atoms with E-state index < -0.39 is 30.2 Å². The predicted octanol–water partition coefficient (Wildman–Crippen LogP) is 3.27. The Kier molecular flexibility index (Phi) is 6.64. The van der Waals surface area contributed by atoms with E-state index in [2.05, 4.69) is 12.2 Å². The first-order chi connectivity index (χ1) is 13.8. The van der Waals surface area contributed by atoms with Crippen molar-refractivity contribution in [2.24, 2.45) is 5.92 Å². The normalized spacial score (nSPS) is 15.3.